The molecule has 20 heavy (non-hydrogen) atoms. The largest absolute Gasteiger partial charge is 0.307 e. The van der Waals surface area contributed by atoms with Gasteiger partial charge in [-0.2, -0.15) is 5.26 Å². The second-order valence-corrected chi connectivity index (χ2v) is 5.65. The van der Waals surface area contributed by atoms with Crippen molar-refractivity contribution in [3.8, 4) is 6.07 Å². The van der Waals surface area contributed by atoms with Crippen molar-refractivity contribution in [1.82, 2.24) is 4.57 Å². The maximum Gasteiger partial charge on any atom is 0.269 e. The monoisotopic (exact) mass is 272 g/mol. The second-order valence-electron chi connectivity index (χ2n) is 5.65. The van der Waals surface area contributed by atoms with E-state index in [1.165, 1.54) is 30.3 Å². The molecule has 0 saturated heterocycles. The van der Waals surface area contributed by atoms with Gasteiger partial charge in [0.2, 0.25) is 0 Å². The molecule has 1 aliphatic carbocycles. The van der Waals surface area contributed by atoms with Crippen LogP contribution in [0.1, 0.15) is 49.7 Å². The molecule has 0 aromatic carbocycles. The van der Waals surface area contributed by atoms with Gasteiger partial charge in [-0.05, 0) is 30.9 Å². The molecule has 1 aliphatic rings. The number of aryl methyl sites for hydroxylation is 1. The number of aromatic nitrogens is 1. The molecule has 0 N–H and O–H groups in total. The zero-order valence-electron chi connectivity index (χ0n) is 11.9. The first kappa shape index (κ1) is 14.5. The van der Waals surface area contributed by atoms with Crippen molar-refractivity contribution in [2.75, 3.05) is 0 Å². The molecule has 1 fully saturated rings. The van der Waals surface area contributed by atoms with Crippen molar-refractivity contribution in [1.29, 1.82) is 5.26 Å². The molecule has 1 aromatic rings. The predicted molar refractivity (Wildman–Crippen MR) is 76.4 cm³/mol. The van der Waals surface area contributed by atoms with Gasteiger partial charge < -0.3 is 4.57 Å². The van der Waals surface area contributed by atoms with Crippen molar-refractivity contribution in [3.05, 3.63) is 33.7 Å². The number of nitriles is 1. The number of hydrogen-bond acceptors (Lipinski definition) is 3. The number of ketones is 1. The van der Waals surface area contributed by atoms with Gasteiger partial charge >= 0.3 is 0 Å². The average Bonchev–Trinajstić information content (AvgIpc) is 2.94. The summed E-state index contributed by atoms with van der Waals surface area (Å²) in [4.78, 5) is 24.0. The number of carbonyl (C=O) groups is 1. The van der Waals surface area contributed by atoms with Gasteiger partial charge in [-0.15, -0.1) is 0 Å². The molecule has 4 nitrogen and oxygen atoms in total. The van der Waals surface area contributed by atoms with E-state index in [4.69, 9.17) is 5.26 Å². The van der Waals surface area contributed by atoms with E-state index >= 15 is 0 Å². The topological polar surface area (TPSA) is 62.9 Å². The molecule has 0 bridgehead atoms. The minimum atomic E-state index is -0.360. The zero-order chi connectivity index (χ0) is 14.5. The third-order valence-corrected chi connectivity index (χ3v) is 4.14. The molecule has 1 heterocycles. The summed E-state index contributed by atoms with van der Waals surface area (Å²) < 4.78 is 1.35. The summed E-state index contributed by atoms with van der Waals surface area (Å²) in [5, 5.41) is 8.96. The van der Waals surface area contributed by atoms with Crippen LogP contribution in [0.3, 0.4) is 0 Å². The van der Waals surface area contributed by atoms with Crippen molar-refractivity contribution in [3.63, 3.8) is 0 Å². The predicted octanol–water partition coefficient (Wildman–Crippen LogP) is 2.57. The Morgan fingerprint density at radius 1 is 1.45 bits per heavy atom. The first-order chi connectivity index (χ1) is 9.61. The summed E-state index contributed by atoms with van der Waals surface area (Å²) in [5.74, 6) is 0.759. The van der Waals surface area contributed by atoms with Crippen LogP contribution in [0.5, 0.6) is 0 Å². The highest BCUT2D eigenvalue weighted by Crippen LogP contribution is 2.28. The third-order valence-electron chi connectivity index (χ3n) is 4.14. The summed E-state index contributed by atoms with van der Waals surface area (Å²) in [7, 11) is 0. The molecular formula is C16H20N2O2. The number of pyridine rings is 1. The van der Waals surface area contributed by atoms with Crippen LogP contribution in [0.25, 0.3) is 0 Å². The summed E-state index contributed by atoms with van der Waals surface area (Å²) >= 11 is 0. The number of rotatable bonds is 5. The fraction of sp³-hybridized carbons (Fsp3) is 0.562. The molecule has 106 valence electrons. The first-order valence-corrected chi connectivity index (χ1v) is 7.23. The molecular weight excluding hydrogens is 252 g/mol. The standard InChI is InChI=1S/C16H20N2O2/c1-12-8-9-18(16(20)15(12)10-17)11-14(19)7-6-13-4-2-3-5-13/h8-9,13H,2-7,11H2,1H3. The Labute approximate surface area is 119 Å². The highest BCUT2D eigenvalue weighted by molar-refractivity contribution is 5.78. The molecule has 0 radical (unpaired) electrons. The fourth-order valence-electron chi connectivity index (χ4n) is 2.86. The molecule has 2 rings (SSSR count). The summed E-state index contributed by atoms with van der Waals surface area (Å²) in [6, 6.07) is 3.62. The lowest BCUT2D eigenvalue weighted by Crippen LogP contribution is -2.26. The molecule has 1 aromatic heterocycles. The quantitative estimate of drug-likeness (QED) is 0.827. The zero-order valence-corrected chi connectivity index (χ0v) is 11.9. The molecule has 0 atom stereocenters. The lowest BCUT2D eigenvalue weighted by atomic mass is 10.0. The molecule has 0 amide bonds. The van der Waals surface area contributed by atoms with Gasteiger partial charge in [0.05, 0.1) is 6.54 Å². The van der Waals surface area contributed by atoms with E-state index in [0.717, 1.165) is 6.42 Å². The second kappa shape index (κ2) is 6.51. The van der Waals surface area contributed by atoms with Crippen molar-refractivity contribution in [2.24, 2.45) is 5.92 Å². The fourth-order valence-corrected chi connectivity index (χ4v) is 2.86. The molecule has 4 heteroatoms. The van der Waals surface area contributed by atoms with Crippen LogP contribution in [0.2, 0.25) is 0 Å². The minimum absolute atomic E-state index is 0.0757. The molecule has 0 spiro atoms. The van der Waals surface area contributed by atoms with Crippen molar-refractivity contribution < 1.29 is 4.79 Å². The number of hydrogen-bond donors (Lipinski definition) is 0. The highest BCUT2D eigenvalue weighted by Gasteiger charge is 2.16. The van der Waals surface area contributed by atoms with Gasteiger partial charge in [-0.3, -0.25) is 9.59 Å². The van der Waals surface area contributed by atoms with Crippen LogP contribution in [0.15, 0.2) is 17.1 Å². The van der Waals surface area contributed by atoms with Gasteiger partial charge in [0, 0.05) is 12.6 Å². The van der Waals surface area contributed by atoms with Crippen LogP contribution in [0.4, 0.5) is 0 Å². The third kappa shape index (κ3) is 3.36. The van der Waals surface area contributed by atoms with Crippen LogP contribution in [0, 0.1) is 24.2 Å². The highest BCUT2D eigenvalue weighted by atomic mass is 16.1. The van der Waals surface area contributed by atoms with Gasteiger partial charge in [0.15, 0.2) is 5.78 Å². The van der Waals surface area contributed by atoms with Gasteiger partial charge in [-0.25, -0.2) is 0 Å². The summed E-state index contributed by atoms with van der Waals surface area (Å²) in [6.07, 6.45) is 8.10. The summed E-state index contributed by atoms with van der Waals surface area (Å²) in [6.45, 7) is 1.81. The lowest BCUT2D eigenvalue weighted by Gasteiger charge is -2.09. The van der Waals surface area contributed by atoms with Crippen molar-refractivity contribution in [2.45, 2.75) is 52.0 Å². The van der Waals surface area contributed by atoms with E-state index in [9.17, 15) is 9.59 Å². The Hall–Kier alpha value is -1.89. The van der Waals surface area contributed by atoms with E-state index in [0.29, 0.717) is 17.9 Å². The Morgan fingerprint density at radius 2 is 2.15 bits per heavy atom. The maximum atomic E-state index is 12.0. The van der Waals surface area contributed by atoms with Crippen LogP contribution < -0.4 is 5.56 Å². The van der Waals surface area contributed by atoms with Gasteiger partial charge in [-0.1, -0.05) is 25.7 Å². The number of nitrogens with zero attached hydrogens (tertiary/aromatic N) is 2. The van der Waals surface area contributed by atoms with E-state index in [1.54, 1.807) is 19.2 Å². The normalized spacial score (nSPS) is 15.2. The molecule has 0 aliphatic heterocycles. The molecule has 0 unspecified atom stereocenters. The van der Waals surface area contributed by atoms with Crippen molar-refractivity contribution >= 4 is 5.78 Å². The van der Waals surface area contributed by atoms with E-state index in [1.807, 2.05) is 6.07 Å². The van der Waals surface area contributed by atoms with Crippen LogP contribution in [-0.2, 0) is 11.3 Å². The summed E-state index contributed by atoms with van der Waals surface area (Å²) in [5.41, 5.74) is 0.435. The Kier molecular flexibility index (Phi) is 4.73. The smallest absolute Gasteiger partial charge is 0.269 e. The number of carbonyl (C=O) groups excluding carboxylic acids is 1. The lowest BCUT2D eigenvalue weighted by molar-refractivity contribution is -0.120. The van der Waals surface area contributed by atoms with E-state index in [2.05, 4.69) is 0 Å². The Balaban J connectivity index is 1.97. The Morgan fingerprint density at radius 3 is 2.80 bits per heavy atom. The van der Waals surface area contributed by atoms with Crippen LogP contribution in [-0.4, -0.2) is 10.4 Å². The van der Waals surface area contributed by atoms with E-state index < -0.39 is 0 Å². The minimum Gasteiger partial charge on any atom is -0.307 e. The SMILES string of the molecule is Cc1ccn(CC(=O)CCC2CCCC2)c(=O)c1C#N. The van der Waals surface area contributed by atoms with E-state index in [-0.39, 0.29) is 23.5 Å². The average molecular weight is 272 g/mol. The maximum absolute atomic E-state index is 12.0. The van der Waals surface area contributed by atoms with Gasteiger partial charge in [0.25, 0.3) is 5.56 Å². The first-order valence-electron chi connectivity index (χ1n) is 7.23. The molecule has 1 saturated carbocycles. The van der Waals surface area contributed by atoms with Gasteiger partial charge in [0.1, 0.15) is 11.6 Å². The van der Waals surface area contributed by atoms with Crippen LogP contribution >= 0.6 is 0 Å². The number of Topliss-reactive ketones (excluding diaryl/α,β-unsaturated/α-hetero) is 1. The Bertz CT molecular complexity index is 589.